The smallest absolute Gasteiger partial charge is 0.356 e. The second kappa shape index (κ2) is 7.69. The van der Waals surface area contributed by atoms with Crippen molar-refractivity contribution in [2.45, 2.75) is 19.4 Å². The molecule has 0 spiro atoms. The summed E-state index contributed by atoms with van der Waals surface area (Å²) in [7, 11) is 4.05. The van der Waals surface area contributed by atoms with Crippen LogP contribution in [0.4, 0.5) is 5.82 Å². The fourth-order valence-electron chi connectivity index (χ4n) is 2.31. The Labute approximate surface area is 136 Å². The lowest BCUT2D eigenvalue weighted by molar-refractivity contribution is 0.0690. The summed E-state index contributed by atoms with van der Waals surface area (Å²) in [5.41, 5.74) is 2.47. The number of aromatic carboxylic acids is 1. The van der Waals surface area contributed by atoms with Gasteiger partial charge in [-0.25, -0.2) is 14.8 Å². The zero-order valence-corrected chi connectivity index (χ0v) is 13.7. The van der Waals surface area contributed by atoms with Crippen LogP contribution in [-0.4, -0.2) is 46.6 Å². The first-order valence-corrected chi connectivity index (χ1v) is 7.55. The number of carboxylic acids is 1. The van der Waals surface area contributed by atoms with Crippen molar-refractivity contribution in [1.82, 2.24) is 14.9 Å². The Morgan fingerprint density at radius 1 is 1.22 bits per heavy atom. The van der Waals surface area contributed by atoms with Crippen molar-refractivity contribution in [2.24, 2.45) is 0 Å². The maximum Gasteiger partial charge on any atom is 0.356 e. The number of benzene rings is 1. The van der Waals surface area contributed by atoms with E-state index in [2.05, 4.69) is 51.4 Å². The third kappa shape index (κ3) is 4.50. The predicted molar refractivity (Wildman–Crippen MR) is 89.7 cm³/mol. The van der Waals surface area contributed by atoms with Crippen molar-refractivity contribution in [2.75, 3.05) is 26.0 Å². The molecule has 1 heterocycles. The molecule has 1 atom stereocenters. The molecule has 0 aliphatic rings. The second-order valence-corrected chi connectivity index (χ2v) is 5.55. The molecule has 0 radical (unpaired) electrons. The summed E-state index contributed by atoms with van der Waals surface area (Å²) >= 11 is 0. The van der Waals surface area contributed by atoms with Crippen LogP contribution in [0.1, 0.15) is 34.6 Å². The standard InChI is InChI=1S/C17H22N4O2/c1-4-12-5-7-13(8-6-12)15(21(2)3)10-20-16-11-18-14(9-19-16)17(22)23/h5-9,11,15H,4,10H2,1-3H3,(H,19,20)(H,22,23). The highest BCUT2D eigenvalue weighted by atomic mass is 16.4. The van der Waals surface area contributed by atoms with Crippen molar-refractivity contribution in [3.05, 3.63) is 53.5 Å². The lowest BCUT2D eigenvalue weighted by atomic mass is 10.0. The van der Waals surface area contributed by atoms with E-state index >= 15 is 0 Å². The van der Waals surface area contributed by atoms with Gasteiger partial charge in [0.1, 0.15) is 5.82 Å². The molecule has 1 aromatic heterocycles. The fourth-order valence-corrected chi connectivity index (χ4v) is 2.31. The number of carbonyl (C=O) groups is 1. The summed E-state index contributed by atoms with van der Waals surface area (Å²) in [6, 6.07) is 8.76. The van der Waals surface area contributed by atoms with Gasteiger partial charge in [0.25, 0.3) is 0 Å². The van der Waals surface area contributed by atoms with Gasteiger partial charge < -0.3 is 15.3 Å². The number of aryl methyl sites for hydroxylation is 1. The number of rotatable bonds is 7. The van der Waals surface area contributed by atoms with Gasteiger partial charge in [0.05, 0.1) is 18.4 Å². The molecule has 2 N–H and O–H groups in total. The van der Waals surface area contributed by atoms with E-state index in [1.807, 2.05) is 14.1 Å². The first kappa shape index (κ1) is 16.9. The first-order valence-electron chi connectivity index (χ1n) is 7.55. The summed E-state index contributed by atoms with van der Waals surface area (Å²) in [5.74, 6) is -0.515. The third-order valence-electron chi connectivity index (χ3n) is 3.74. The Bertz CT molecular complexity index is 639. The molecular weight excluding hydrogens is 292 g/mol. The van der Waals surface area contributed by atoms with Gasteiger partial charge in [-0.15, -0.1) is 0 Å². The first-order chi connectivity index (χ1) is 11.0. The number of carboxylic acid groups (broad SMARTS) is 1. The van der Waals surface area contributed by atoms with Crippen molar-refractivity contribution in [3.8, 4) is 0 Å². The highest BCUT2D eigenvalue weighted by Crippen LogP contribution is 2.19. The van der Waals surface area contributed by atoms with Crippen molar-refractivity contribution >= 4 is 11.8 Å². The molecule has 0 saturated carbocycles. The van der Waals surface area contributed by atoms with E-state index in [0.29, 0.717) is 12.4 Å². The molecule has 122 valence electrons. The maximum atomic E-state index is 10.8. The lowest BCUT2D eigenvalue weighted by Gasteiger charge is -2.25. The minimum absolute atomic E-state index is 0.0603. The van der Waals surface area contributed by atoms with E-state index in [4.69, 9.17) is 5.11 Å². The molecule has 2 aromatic rings. The monoisotopic (exact) mass is 314 g/mol. The quantitative estimate of drug-likeness (QED) is 0.817. The van der Waals surface area contributed by atoms with Crippen LogP contribution < -0.4 is 5.32 Å². The molecular formula is C17H22N4O2. The zero-order valence-electron chi connectivity index (χ0n) is 13.7. The fraction of sp³-hybridized carbons (Fsp3) is 0.353. The SMILES string of the molecule is CCc1ccc(C(CNc2cnc(C(=O)O)cn2)N(C)C)cc1. The van der Waals surface area contributed by atoms with E-state index < -0.39 is 5.97 Å². The van der Waals surface area contributed by atoms with Crippen LogP contribution in [-0.2, 0) is 6.42 Å². The van der Waals surface area contributed by atoms with Gasteiger partial charge in [0.15, 0.2) is 5.69 Å². The Morgan fingerprint density at radius 2 is 1.91 bits per heavy atom. The summed E-state index contributed by atoms with van der Waals surface area (Å²) in [6.07, 6.45) is 3.72. The number of hydrogen-bond acceptors (Lipinski definition) is 5. The van der Waals surface area contributed by atoms with Crippen LogP contribution in [0, 0.1) is 0 Å². The Kier molecular flexibility index (Phi) is 5.65. The van der Waals surface area contributed by atoms with E-state index in [1.54, 1.807) is 0 Å². The number of anilines is 1. The topological polar surface area (TPSA) is 78.3 Å². The third-order valence-corrected chi connectivity index (χ3v) is 3.74. The van der Waals surface area contributed by atoms with Gasteiger partial charge >= 0.3 is 5.97 Å². The van der Waals surface area contributed by atoms with E-state index in [0.717, 1.165) is 6.42 Å². The Balaban J connectivity index is 2.05. The normalized spacial score (nSPS) is 12.2. The molecule has 23 heavy (non-hydrogen) atoms. The highest BCUT2D eigenvalue weighted by molar-refractivity contribution is 5.84. The lowest BCUT2D eigenvalue weighted by Crippen LogP contribution is -2.27. The average Bonchev–Trinajstić information content (AvgIpc) is 2.55. The average molecular weight is 314 g/mol. The second-order valence-electron chi connectivity index (χ2n) is 5.55. The Hall–Kier alpha value is -2.47. The highest BCUT2D eigenvalue weighted by Gasteiger charge is 2.14. The zero-order chi connectivity index (χ0) is 16.8. The van der Waals surface area contributed by atoms with Crippen LogP contribution in [0.3, 0.4) is 0 Å². The van der Waals surface area contributed by atoms with Crippen molar-refractivity contribution in [1.29, 1.82) is 0 Å². The Morgan fingerprint density at radius 3 is 2.39 bits per heavy atom. The molecule has 0 aliphatic carbocycles. The van der Waals surface area contributed by atoms with E-state index in [1.165, 1.54) is 23.5 Å². The summed E-state index contributed by atoms with van der Waals surface area (Å²) in [6.45, 7) is 2.79. The molecule has 0 saturated heterocycles. The van der Waals surface area contributed by atoms with Gasteiger partial charge in [-0.1, -0.05) is 31.2 Å². The van der Waals surface area contributed by atoms with Gasteiger partial charge in [-0.05, 0) is 31.6 Å². The minimum atomic E-state index is -1.08. The summed E-state index contributed by atoms with van der Waals surface area (Å²) < 4.78 is 0. The number of nitrogens with zero attached hydrogens (tertiary/aromatic N) is 3. The molecule has 1 aromatic carbocycles. The van der Waals surface area contributed by atoms with Crippen LogP contribution in [0.25, 0.3) is 0 Å². The van der Waals surface area contributed by atoms with E-state index in [-0.39, 0.29) is 11.7 Å². The van der Waals surface area contributed by atoms with E-state index in [9.17, 15) is 4.79 Å². The number of nitrogens with one attached hydrogen (secondary N) is 1. The minimum Gasteiger partial charge on any atom is -0.476 e. The molecule has 0 amide bonds. The number of aromatic nitrogens is 2. The molecule has 0 aliphatic heterocycles. The summed E-state index contributed by atoms with van der Waals surface area (Å²) in [5, 5.41) is 12.0. The van der Waals surface area contributed by atoms with Gasteiger partial charge in [0, 0.05) is 6.54 Å². The van der Waals surface area contributed by atoms with Gasteiger partial charge in [-0.2, -0.15) is 0 Å². The number of likely N-dealkylation sites (N-methyl/N-ethyl adjacent to an activating group) is 1. The van der Waals surface area contributed by atoms with Crippen LogP contribution in [0.15, 0.2) is 36.7 Å². The maximum absolute atomic E-state index is 10.8. The van der Waals surface area contributed by atoms with Crippen molar-refractivity contribution < 1.29 is 9.90 Å². The summed E-state index contributed by atoms with van der Waals surface area (Å²) in [4.78, 5) is 20.8. The predicted octanol–water partition coefficient (Wildman–Crippen LogP) is 2.45. The van der Waals surface area contributed by atoms with Gasteiger partial charge in [-0.3, -0.25) is 0 Å². The van der Waals surface area contributed by atoms with Gasteiger partial charge in [0.2, 0.25) is 0 Å². The van der Waals surface area contributed by atoms with Crippen LogP contribution in [0.5, 0.6) is 0 Å². The molecule has 6 nitrogen and oxygen atoms in total. The molecule has 0 bridgehead atoms. The van der Waals surface area contributed by atoms with Crippen molar-refractivity contribution in [3.63, 3.8) is 0 Å². The molecule has 6 heteroatoms. The van der Waals surface area contributed by atoms with Crippen LogP contribution in [0.2, 0.25) is 0 Å². The molecule has 1 unspecified atom stereocenters. The van der Waals surface area contributed by atoms with Crippen LogP contribution >= 0.6 is 0 Å². The largest absolute Gasteiger partial charge is 0.476 e. The molecule has 0 fully saturated rings. The number of hydrogen-bond donors (Lipinski definition) is 2. The molecule has 2 rings (SSSR count).